The van der Waals surface area contributed by atoms with Crippen LogP contribution in [0.1, 0.15) is 236 Å². The third-order valence-corrected chi connectivity index (χ3v) is 15.7. The van der Waals surface area contributed by atoms with Crippen LogP contribution in [0, 0.1) is 71.0 Å². The van der Waals surface area contributed by atoms with Gasteiger partial charge < -0.3 is 0 Å². The average Bonchev–Trinajstić information content (AvgIpc) is 3.29. The molecule has 0 radical (unpaired) electrons. The first-order chi connectivity index (χ1) is 29.1. The van der Waals surface area contributed by atoms with E-state index in [1.165, 1.54) is 221 Å². The van der Waals surface area contributed by atoms with Crippen molar-refractivity contribution in [3.8, 4) is 23.7 Å². The molecule has 0 saturated heterocycles. The summed E-state index contributed by atoms with van der Waals surface area (Å²) in [4.78, 5) is 0. The third-order valence-electron chi connectivity index (χ3n) is 15.7. The number of rotatable bonds is 17. The molecule has 326 valence electrons. The van der Waals surface area contributed by atoms with Gasteiger partial charge in [-0.2, -0.15) is 0 Å². The van der Waals surface area contributed by atoms with E-state index in [2.05, 4.69) is 99.9 Å². The summed E-state index contributed by atoms with van der Waals surface area (Å²) in [5, 5.41) is 0. The highest BCUT2D eigenvalue weighted by molar-refractivity contribution is 5.37. The van der Waals surface area contributed by atoms with E-state index in [0.29, 0.717) is 11.8 Å². The zero-order valence-electron chi connectivity index (χ0n) is 39.2. The summed E-state index contributed by atoms with van der Waals surface area (Å²) in [5.74, 6) is 21.6. The molecule has 2 aromatic rings. The van der Waals surface area contributed by atoms with Crippen molar-refractivity contribution in [2.24, 2.45) is 47.3 Å². The molecule has 4 saturated carbocycles. The smallest absolute Gasteiger partial charge is 0.0245 e. The fourth-order valence-corrected chi connectivity index (χ4v) is 11.6. The Morgan fingerprint density at radius 2 is 0.678 bits per heavy atom. The first-order valence-corrected chi connectivity index (χ1v) is 26.3. The normalized spacial score (nSPS) is 27.0. The van der Waals surface area contributed by atoms with Crippen molar-refractivity contribution in [3.63, 3.8) is 0 Å². The van der Waals surface area contributed by atoms with Crippen LogP contribution in [0.4, 0.5) is 0 Å². The van der Waals surface area contributed by atoms with Gasteiger partial charge in [0.1, 0.15) is 0 Å². The Labute approximate surface area is 367 Å². The van der Waals surface area contributed by atoms with Crippen LogP contribution in [-0.2, 0) is 12.8 Å². The quantitative estimate of drug-likeness (QED) is 0.110. The topological polar surface area (TPSA) is 0 Å². The zero-order chi connectivity index (χ0) is 41.3. The monoisotopic (exact) mass is 799 g/mol. The van der Waals surface area contributed by atoms with Gasteiger partial charge in [0.15, 0.2) is 0 Å². The van der Waals surface area contributed by atoms with E-state index in [4.69, 9.17) is 0 Å². The van der Waals surface area contributed by atoms with Gasteiger partial charge in [-0.1, -0.05) is 172 Å². The molecule has 0 aromatic heterocycles. The average molecular weight is 799 g/mol. The predicted octanol–water partition coefficient (Wildman–Crippen LogP) is 17.5. The maximum Gasteiger partial charge on any atom is 0.0245 e. The van der Waals surface area contributed by atoms with E-state index in [9.17, 15) is 0 Å². The van der Waals surface area contributed by atoms with Gasteiger partial charge in [-0.05, 0) is 174 Å². The molecule has 0 bridgehead atoms. The van der Waals surface area contributed by atoms with Crippen LogP contribution in [0.3, 0.4) is 0 Å². The van der Waals surface area contributed by atoms with Gasteiger partial charge in [-0.25, -0.2) is 0 Å². The van der Waals surface area contributed by atoms with E-state index >= 15 is 0 Å². The molecule has 0 nitrogen and oxygen atoms in total. The Morgan fingerprint density at radius 1 is 0.356 bits per heavy atom. The predicted molar refractivity (Wildman–Crippen MR) is 259 cm³/mol. The Morgan fingerprint density at radius 3 is 1.03 bits per heavy atom. The second-order valence-corrected chi connectivity index (χ2v) is 20.3. The molecule has 0 amide bonds. The number of hydrogen-bond donors (Lipinski definition) is 0. The largest absolute Gasteiger partial charge is 0.0945 e. The standard InChI is InChI=1S/C30H46.C29H44/c1-3-5-7-8-10-26-17-21-29(22-18-26)30-23-19-28(20-24-30)16-15-27-13-11-25(12-14-27)9-6-4-2;1-3-5-7-9-25-16-20-28(21-17-25)29-22-18-27(19-23-29)15-14-26-12-10-24(11-13-26)8-6-4-2/h11-14,26,28-30H,3-10,17-24H2,1-2H3;10-13,25,27-29H,3-9,16-23H2,1-2H3/t26-,28?,29-,30?;25-,27?,28-,29?. The summed E-state index contributed by atoms with van der Waals surface area (Å²) in [6, 6.07) is 18.0. The van der Waals surface area contributed by atoms with Crippen molar-refractivity contribution in [2.45, 2.75) is 227 Å². The second kappa shape index (κ2) is 28.2. The van der Waals surface area contributed by atoms with Crippen LogP contribution in [0.15, 0.2) is 48.5 Å². The van der Waals surface area contributed by atoms with Gasteiger partial charge >= 0.3 is 0 Å². The van der Waals surface area contributed by atoms with Crippen molar-refractivity contribution in [3.05, 3.63) is 70.8 Å². The minimum Gasteiger partial charge on any atom is -0.0945 e. The number of unbranched alkanes of at least 4 members (excludes halogenated alkanes) is 7. The van der Waals surface area contributed by atoms with E-state index in [0.717, 1.165) is 35.5 Å². The summed E-state index contributed by atoms with van der Waals surface area (Å²) in [6.07, 6.45) is 43.8. The maximum atomic E-state index is 3.61. The molecular formula is C59H90. The molecule has 0 spiro atoms. The summed E-state index contributed by atoms with van der Waals surface area (Å²) < 4.78 is 0. The minimum absolute atomic E-state index is 0.635. The summed E-state index contributed by atoms with van der Waals surface area (Å²) in [6.45, 7) is 9.16. The lowest BCUT2D eigenvalue weighted by molar-refractivity contribution is 0.153. The summed E-state index contributed by atoms with van der Waals surface area (Å²) in [5.41, 5.74) is 5.32. The molecule has 0 aliphatic heterocycles. The fraction of sp³-hybridized carbons (Fsp3) is 0.729. The molecule has 4 aliphatic carbocycles. The Balaban J connectivity index is 0.000000224. The lowest BCUT2D eigenvalue weighted by Crippen LogP contribution is -2.25. The first-order valence-electron chi connectivity index (χ1n) is 26.3. The lowest BCUT2D eigenvalue weighted by atomic mass is 9.69. The van der Waals surface area contributed by atoms with Gasteiger partial charge in [0.2, 0.25) is 0 Å². The molecule has 0 N–H and O–H groups in total. The molecule has 59 heavy (non-hydrogen) atoms. The molecule has 4 aliphatic rings. The first kappa shape index (κ1) is 47.6. The Hall–Kier alpha value is -2.44. The Bertz CT molecular complexity index is 1470. The van der Waals surface area contributed by atoms with Crippen LogP contribution in [-0.4, -0.2) is 0 Å². The van der Waals surface area contributed by atoms with E-state index in [1.54, 1.807) is 0 Å². The molecule has 0 heterocycles. The molecule has 0 atom stereocenters. The second-order valence-electron chi connectivity index (χ2n) is 20.3. The van der Waals surface area contributed by atoms with Gasteiger partial charge in [0, 0.05) is 23.0 Å². The molecule has 4 fully saturated rings. The van der Waals surface area contributed by atoms with E-state index in [1.807, 2.05) is 0 Å². The summed E-state index contributed by atoms with van der Waals surface area (Å²) >= 11 is 0. The fourth-order valence-electron chi connectivity index (χ4n) is 11.6. The van der Waals surface area contributed by atoms with Gasteiger partial charge in [-0.3, -0.25) is 0 Å². The van der Waals surface area contributed by atoms with Crippen LogP contribution >= 0.6 is 0 Å². The molecule has 0 unspecified atom stereocenters. The van der Waals surface area contributed by atoms with Crippen molar-refractivity contribution in [1.29, 1.82) is 0 Å². The highest BCUT2D eigenvalue weighted by Crippen LogP contribution is 2.43. The molecular weight excluding hydrogens is 709 g/mol. The van der Waals surface area contributed by atoms with Crippen molar-refractivity contribution < 1.29 is 0 Å². The number of benzene rings is 2. The van der Waals surface area contributed by atoms with Crippen LogP contribution in [0.5, 0.6) is 0 Å². The van der Waals surface area contributed by atoms with Crippen LogP contribution in [0.25, 0.3) is 0 Å². The number of hydrogen-bond acceptors (Lipinski definition) is 0. The van der Waals surface area contributed by atoms with Crippen molar-refractivity contribution in [2.75, 3.05) is 0 Å². The molecule has 0 heteroatoms. The minimum atomic E-state index is 0.635. The summed E-state index contributed by atoms with van der Waals surface area (Å²) in [7, 11) is 0. The maximum absolute atomic E-state index is 3.61. The van der Waals surface area contributed by atoms with Crippen LogP contribution < -0.4 is 0 Å². The highest BCUT2D eigenvalue weighted by atomic mass is 14.4. The Kier molecular flexibility index (Phi) is 22.8. The van der Waals surface area contributed by atoms with Gasteiger partial charge in [-0.15, -0.1) is 0 Å². The van der Waals surface area contributed by atoms with Gasteiger partial charge in [0.25, 0.3) is 0 Å². The SMILES string of the molecule is CCCCCC[C@H]1CC[C@H](C2CCC(C#Cc3ccc(CCCC)cc3)CC2)CC1.CCCCC[C@H]1CC[C@H](C2CCC(C#Cc3ccc(CCCC)cc3)CC2)CC1. The number of aryl methyl sites for hydroxylation is 2. The molecule has 6 rings (SSSR count). The van der Waals surface area contributed by atoms with Gasteiger partial charge in [0.05, 0.1) is 0 Å². The van der Waals surface area contributed by atoms with Crippen molar-refractivity contribution >= 4 is 0 Å². The van der Waals surface area contributed by atoms with E-state index in [-0.39, 0.29) is 0 Å². The third kappa shape index (κ3) is 17.8. The van der Waals surface area contributed by atoms with E-state index < -0.39 is 0 Å². The van der Waals surface area contributed by atoms with Crippen LogP contribution in [0.2, 0.25) is 0 Å². The zero-order valence-corrected chi connectivity index (χ0v) is 39.2. The highest BCUT2D eigenvalue weighted by Gasteiger charge is 2.31. The molecule has 2 aromatic carbocycles. The lowest BCUT2D eigenvalue weighted by Gasteiger charge is -2.37. The van der Waals surface area contributed by atoms with Crippen molar-refractivity contribution in [1.82, 2.24) is 0 Å².